The monoisotopic (exact) mass is 262 g/mol. The second-order valence-electron chi connectivity index (χ2n) is 3.52. The molecule has 0 aliphatic heterocycles. The van der Waals surface area contributed by atoms with Crippen molar-refractivity contribution in [1.29, 1.82) is 0 Å². The van der Waals surface area contributed by atoms with E-state index in [1.54, 1.807) is 0 Å². The summed E-state index contributed by atoms with van der Waals surface area (Å²) in [4.78, 5) is 27.5. The van der Waals surface area contributed by atoms with Crippen molar-refractivity contribution in [1.82, 2.24) is 9.55 Å². The number of carbonyl (C=O) groups is 1. The lowest BCUT2D eigenvalue weighted by atomic mass is 10.4. The van der Waals surface area contributed by atoms with Crippen LogP contribution in [0.25, 0.3) is 6.08 Å². The summed E-state index contributed by atoms with van der Waals surface area (Å²) in [7, 11) is 0. The van der Waals surface area contributed by atoms with Crippen LogP contribution in [0.15, 0.2) is 41.6 Å². The molecule has 0 unspecified atom stereocenters. The van der Waals surface area contributed by atoms with Gasteiger partial charge in [-0.1, -0.05) is 0 Å². The third kappa shape index (κ3) is 3.14. The highest BCUT2D eigenvalue weighted by Gasteiger charge is 2.01. The summed E-state index contributed by atoms with van der Waals surface area (Å²) in [5.74, 6) is -0.978. The lowest BCUT2D eigenvalue weighted by molar-refractivity contribution is -0.131. The molecule has 6 heteroatoms. The molecule has 1 N–H and O–H groups in total. The number of carboxylic acids is 1. The van der Waals surface area contributed by atoms with Crippen molar-refractivity contribution in [3.8, 4) is 0 Å². The number of thiophene rings is 1. The van der Waals surface area contributed by atoms with Crippen LogP contribution < -0.4 is 5.56 Å². The predicted octanol–water partition coefficient (Wildman–Crippen LogP) is 1.45. The molecule has 18 heavy (non-hydrogen) atoms. The summed E-state index contributed by atoms with van der Waals surface area (Å²) in [6, 6.07) is 5.09. The van der Waals surface area contributed by atoms with Crippen LogP contribution in [0, 0.1) is 0 Å². The number of rotatable bonds is 4. The summed E-state index contributed by atoms with van der Waals surface area (Å²) in [6.45, 7) is 0.443. The van der Waals surface area contributed by atoms with Gasteiger partial charge in [0, 0.05) is 28.1 Å². The highest BCUT2D eigenvalue weighted by molar-refractivity contribution is 7.12. The number of hydrogen-bond donors (Lipinski definition) is 1. The standard InChI is InChI=1S/C12H10N2O3S/c15-11-5-6-13-8-14(11)7-10-2-1-9(18-10)3-4-12(16)17/h1-6,8H,7H2,(H,16,17). The summed E-state index contributed by atoms with van der Waals surface area (Å²) in [6.07, 6.45) is 5.55. The fraction of sp³-hybridized carbons (Fsp3) is 0.0833. The van der Waals surface area contributed by atoms with Crippen LogP contribution >= 0.6 is 11.3 Å². The van der Waals surface area contributed by atoms with Crippen molar-refractivity contribution in [3.05, 3.63) is 56.9 Å². The highest BCUT2D eigenvalue weighted by atomic mass is 32.1. The smallest absolute Gasteiger partial charge is 0.328 e. The minimum atomic E-state index is -0.978. The molecule has 0 bridgehead atoms. The van der Waals surface area contributed by atoms with Crippen LogP contribution in [0.1, 0.15) is 9.75 Å². The minimum absolute atomic E-state index is 0.110. The van der Waals surface area contributed by atoms with Gasteiger partial charge in [-0.15, -0.1) is 11.3 Å². The molecule has 0 radical (unpaired) electrons. The topological polar surface area (TPSA) is 72.2 Å². The quantitative estimate of drug-likeness (QED) is 0.846. The molecule has 0 fully saturated rings. The SMILES string of the molecule is O=C(O)C=Cc1ccc(Cn2cnccc2=O)s1. The average molecular weight is 262 g/mol. The van der Waals surface area contributed by atoms with Crippen molar-refractivity contribution < 1.29 is 9.90 Å². The zero-order valence-corrected chi connectivity index (χ0v) is 10.1. The van der Waals surface area contributed by atoms with E-state index < -0.39 is 5.97 Å². The predicted molar refractivity (Wildman–Crippen MR) is 68.6 cm³/mol. The third-order valence-electron chi connectivity index (χ3n) is 2.19. The fourth-order valence-electron chi connectivity index (χ4n) is 1.39. The number of aliphatic carboxylic acids is 1. The Morgan fingerprint density at radius 2 is 2.28 bits per heavy atom. The first-order valence-corrected chi connectivity index (χ1v) is 5.97. The number of hydrogen-bond acceptors (Lipinski definition) is 4. The Morgan fingerprint density at radius 3 is 3.00 bits per heavy atom. The molecule has 0 amide bonds. The van der Waals surface area contributed by atoms with Gasteiger partial charge < -0.3 is 5.11 Å². The Labute approximate surface area is 107 Å². The second-order valence-corrected chi connectivity index (χ2v) is 4.72. The van der Waals surface area contributed by atoms with Gasteiger partial charge in [0.2, 0.25) is 0 Å². The molecule has 0 atom stereocenters. The zero-order chi connectivity index (χ0) is 13.0. The van der Waals surface area contributed by atoms with Crippen LogP contribution in [0.5, 0.6) is 0 Å². The van der Waals surface area contributed by atoms with Gasteiger partial charge in [-0.3, -0.25) is 9.36 Å². The van der Waals surface area contributed by atoms with E-state index in [-0.39, 0.29) is 5.56 Å². The fourth-order valence-corrected chi connectivity index (χ4v) is 2.30. The van der Waals surface area contributed by atoms with Gasteiger partial charge in [-0.25, -0.2) is 9.78 Å². The van der Waals surface area contributed by atoms with E-state index in [0.29, 0.717) is 6.54 Å². The first-order chi connectivity index (χ1) is 8.65. The summed E-state index contributed by atoms with van der Waals surface area (Å²) in [5.41, 5.74) is -0.110. The number of nitrogens with zero attached hydrogens (tertiary/aromatic N) is 2. The van der Waals surface area contributed by atoms with E-state index in [0.717, 1.165) is 15.8 Å². The van der Waals surface area contributed by atoms with Gasteiger partial charge in [0.1, 0.15) is 0 Å². The van der Waals surface area contributed by atoms with Gasteiger partial charge in [0.05, 0.1) is 12.9 Å². The minimum Gasteiger partial charge on any atom is -0.478 e. The molecule has 92 valence electrons. The third-order valence-corrected chi connectivity index (χ3v) is 3.23. The van der Waals surface area contributed by atoms with E-state index in [1.807, 2.05) is 12.1 Å². The first-order valence-electron chi connectivity index (χ1n) is 5.15. The number of carboxylic acid groups (broad SMARTS) is 1. The molecule has 0 spiro atoms. The van der Waals surface area contributed by atoms with Crippen molar-refractivity contribution >= 4 is 23.4 Å². The molecule has 2 heterocycles. The largest absolute Gasteiger partial charge is 0.478 e. The zero-order valence-electron chi connectivity index (χ0n) is 9.31. The molecule has 0 saturated carbocycles. The molecule has 0 aromatic carbocycles. The van der Waals surface area contributed by atoms with Crippen LogP contribution in [-0.4, -0.2) is 20.6 Å². The maximum absolute atomic E-state index is 11.5. The molecular formula is C12H10N2O3S. The molecule has 0 aliphatic rings. The van der Waals surface area contributed by atoms with E-state index in [1.165, 1.54) is 40.6 Å². The Kier molecular flexibility index (Phi) is 3.69. The van der Waals surface area contributed by atoms with Crippen molar-refractivity contribution in [2.45, 2.75) is 6.54 Å². The summed E-state index contributed by atoms with van der Waals surface area (Å²) in [5, 5.41) is 8.52. The van der Waals surface area contributed by atoms with Gasteiger partial charge in [0.15, 0.2) is 0 Å². The summed E-state index contributed by atoms with van der Waals surface area (Å²) >= 11 is 1.44. The van der Waals surface area contributed by atoms with Crippen LogP contribution in [0.2, 0.25) is 0 Å². The molecule has 0 aliphatic carbocycles. The second kappa shape index (κ2) is 5.42. The summed E-state index contributed by atoms with van der Waals surface area (Å²) < 4.78 is 1.50. The number of aromatic nitrogens is 2. The van der Waals surface area contributed by atoms with Gasteiger partial charge in [-0.2, -0.15) is 0 Å². The van der Waals surface area contributed by atoms with E-state index in [2.05, 4.69) is 4.98 Å². The molecule has 0 saturated heterocycles. The lowest BCUT2D eigenvalue weighted by Crippen LogP contribution is -2.18. The van der Waals surface area contributed by atoms with Crippen LogP contribution in [-0.2, 0) is 11.3 Å². The molecule has 2 aromatic heterocycles. The van der Waals surface area contributed by atoms with Gasteiger partial charge >= 0.3 is 5.97 Å². The molecule has 5 nitrogen and oxygen atoms in total. The van der Waals surface area contributed by atoms with Crippen molar-refractivity contribution in [2.75, 3.05) is 0 Å². The van der Waals surface area contributed by atoms with Crippen molar-refractivity contribution in [2.24, 2.45) is 0 Å². The average Bonchev–Trinajstić information content (AvgIpc) is 2.77. The Morgan fingerprint density at radius 1 is 1.44 bits per heavy atom. The Bertz CT molecular complexity index is 643. The molecule has 2 rings (SSSR count). The van der Waals surface area contributed by atoms with Gasteiger partial charge in [0.25, 0.3) is 5.56 Å². The highest BCUT2D eigenvalue weighted by Crippen LogP contribution is 2.18. The first kappa shape index (κ1) is 12.3. The molecule has 2 aromatic rings. The Hall–Kier alpha value is -2.21. The molecular weight excluding hydrogens is 252 g/mol. The van der Waals surface area contributed by atoms with E-state index in [4.69, 9.17) is 5.11 Å². The maximum Gasteiger partial charge on any atom is 0.328 e. The van der Waals surface area contributed by atoms with Crippen molar-refractivity contribution in [3.63, 3.8) is 0 Å². The normalized spacial score (nSPS) is 10.9. The maximum atomic E-state index is 11.5. The lowest BCUT2D eigenvalue weighted by Gasteiger charge is -2.00. The van der Waals surface area contributed by atoms with E-state index in [9.17, 15) is 9.59 Å². The van der Waals surface area contributed by atoms with Gasteiger partial charge in [-0.05, 0) is 18.2 Å². The Balaban J connectivity index is 2.14. The van der Waals surface area contributed by atoms with E-state index >= 15 is 0 Å². The van der Waals surface area contributed by atoms with Crippen LogP contribution in [0.4, 0.5) is 0 Å². The van der Waals surface area contributed by atoms with Crippen LogP contribution in [0.3, 0.4) is 0 Å².